The SMILES string of the molecule is CC(C)C(=O)Nc1cccc(NC(=O)C2CC2c2ccc(Br)cc2)c1. The van der Waals surface area contributed by atoms with Gasteiger partial charge in [-0.1, -0.05) is 48.0 Å². The van der Waals surface area contributed by atoms with Crippen LogP contribution >= 0.6 is 15.9 Å². The topological polar surface area (TPSA) is 58.2 Å². The van der Waals surface area contributed by atoms with E-state index in [-0.39, 0.29) is 29.6 Å². The van der Waals surface area contributed by atoms with Crippen LogP contribution in [0.1, 0.15) is 31.7 Å². The Bertz CT molecular complexity index is 787. The van der Waals surface area contributed by atoms with Crippen molar-refractivity contribution in [2.75, 3.05) is 10.6 Å². The number of carbonyl (C=O) groups is 2. The first-order valence-electron chi connectivity index (χ1n) is 8.41. The fourth-order valence-electron chi connectivity index (χ4n) is 2.76. The Hall–Kier alpha value is -2.14. The standard InChI is InChI=1S/C20H21BrN2O2/c1-12(2)19(24)22-15-4-3-5-16(10-15)23-20(25)18-11-17(18)13-6-8-14(21)9-7-13/h3-10,12,17-18H,11H2,1-2H3,(H,22,24)(H,23,25). The summed E-state index contributed by atoms with van der Waals surface area (Å²) in [6, 6.07) is 15.4. The molecule has 1 saturated carbocycles. The predicted molar refractivity (Wildman–Crippen MR) is 104 cm³/mol. The van der Waals surface area contributed by atoms with Gasteiger partial charge in [-0.3, -0.25) is 9.59 Å². The second-order valence-corrected chi connectivity index (χ2v) is 7.63. The minimum Gasteiger partial charge on any atom is -0.326 e. The highest BCUT2D eigenvalue weighted by atomic mass is 79.9. The van der Waals surface area contributed by atoms with Gasteiger partial charge in [0.05, 0.1) is 0 Å². The highest BCUT2D eigenvalue weighted by Crippen LogP contribution is 2.48. The van der Waals surface area contributed by atoms with Crippen molar-refractivity contribution in [1.82, 2.24) is 0 Å². The zero-order chi connectivity index (χ0) is 18.0. The van der Waals surface area contributed by atoms with Gasteiger partial charge in [0.25, 0.3) is 0 Å². The van der Waals surface area contributed by atoms with Crippen molar-refractivity contribution in [2.24, 2.45) is 11.8 Å². The van der Waals surface area contributed by atoms with Crippen LogP contribution in [0.4, 0.5) is 11.4 Å². The smallest absolute Gasteiger partial charge is 0.228 e. The minimum absolute atomic E-state index is 0.00934. The molecule has 2 amide bonds. The van der Waals surface area contributed by atoms with Gasteiger partial charge in [0.15, 0.2) is 0 Å². The Kier molecular flexibility index (Phi) is 5.23. The van der Waals surface area contributed by atoms with E-state index in [2.05, 4.69) is 38.7 Å². The number of nitrogens with one attached hydrogen (secondary N) is 2. The van der Waals surface area contributed by atoms with Crippen molar-refractivity contribution < 1.29 is 9.59 Å². The lowest BCUT2D eigenvalue weighted by Crippen LogP contribution is -2.18. The van der Waals surface area contributed by atoms with Gasteiger partial charge in [-0.2, -0.15) is 0 Å². The van der Waals surface area contributed by atoms with E-state index >= 15 is 0 Å². The van der Waals surface area contributed by atoms with Crippen LogP contribution in [0.5, 0.6) is 0 Å². The summed E-state index contributed by atoms with van der Waals surface area (Å²) in [4.78, 5) is 24.2. The Morgan fingerprint density at radius 1 is 1.04 bits per heavy atom. The molecule has 0 aromatic heterocycles. The van der Waals surface area contributed by atoms with E-state index in [0.29, 0.717) is 11.4 Å². The van der Waals surface area contributed by atoms with Crippen LogP contribution in [0.2, 0.25) is 0 Å². The molecule has 0 spiro atoms. The first-order chi connectivity index (χ1) is 11.9. The van der Waals surface area contributed by atoms with Crippen LogP contribution in [0.25, 0.3) is 0 Å². The van der Waals surface area contributed by atoms with Crippen LogP contribution in [-0.2, 0) is 9.59 Å². The lowest BCUT2D eigenvalue weighted by Gasteiger charge is -2.10. The monoisotopic (exact) mass is 400 g/mol. The first-order valence-corrected chi connectivity index (χ1v) is 9.20. The lowest BCUT2D eigenvalue weighted by atomic mass is 10.1. The molecule has 1 fully saturated rings. The van der Waals surface area contributed by atoms with E-state index in [4.69, 9.17) is 0 Å². The summed E-state index contributed by atoms with van der Waals surface area (Å²) in [6.07, 6.45) is 0.872. The predicted octanol–water partition coefficient (Wildman–Crippen LogP) is 4.79. The first kappa shape index (κ1) is 17.7. The molecule has 2 atom stereocenters. The van der Waals surface area contributed by atoms with Gasteiger partial charge in [0.2, 0.25) is 11.8 Å². The summed E-state index contributed by atoms with van der Waals surface area (Å²) in [6.45, 7) is 3.69. The molecule has 2 aromatic rings. The second kappa shape index (κ2) is 7.40. The quantitative estimate of drug-likeness (QED) is 0.757. The maximum absolute atomic E-state index is 12.5. The molecule has 1 aliphatic rings. The van der Waals surface area contributed by atoms with E-state index in [1.807, 2.05) is 44.2 Å². The molecule has 2 unspecified atom stereocenters. The number of rotatable bonds is 5. The van der Waals surface area contributed by atoms with Crippen molar-refractivity contribution in [2.45, 2.75) is 26.2 Å². The third kappa shape index (κ3) is 4.48. The van der Waals surface area contributed by atoms with E-state index in [9.17, 15) is 9.59 Å². The van der Waals surface area contributed by atoms with Gasteiger partial charge in [0.1, 0.15) is 0 Å². The van der Waals surface area contributed by atoms with Crippen molar-refractivity contribution in [3.63, 3.8) is 0 Å². The van der Waals surface area contributed by atoms with Crippen LogP contribution < -0.4 is 10.6 Å². The van der Waals surface area contributed by atoms with Crippen molar-refractivity contribution >= 4 is 39.1 Å². The van der Waals surface area contributed by atoms with E-state index in [1.54, 1.807) is 6.07 Å². The fraction of sp³-hybridized carbons (Fsp3) is 0.300. The fourth-order valence-corrected chi connectivity index (χ4v) is 3.02. The number of benzene rings is 2. The molecule has 2 aromatic carbocycles. The summed E-state index contributed by atoms with van der Waals surface area (Å²) < 4.78 is 1.04. The van der Waals surface area contributed by atoms with Crippen LogP contribution in [0.15, 0.2) is 53.0 Å². The average molecular weight is 401 g/mol. The van der Waals surface area contributed by atoms with E-state index in [0.717, 1.165) is 10.9 Å². The summed E-state index contributed by atoms with van der Waals surface area (Å²) >= 11 is 3.43. The summed E-state index contributed by atoms with van der Waals surface area (Å²) in [5.41, 5.74) is 2.59. The highest BCUT2D eigenvalue weighted by Gasteiger charge is 2.43. The van der Waals surface area contributed by atoms with Gasteiger partial charge in [-0.25, -0.2) is 0 Å². The third-order valence-corrected chi connectivity index (χ3v) is 4.88. The molecule has 0 heterocycles. The Morgan fingerprint density at radius 3 is 2.32 bits per heavy atom. The number of hydrogen-bond acceptors (Lipinski definition) is 2. The molecule has 0 saturated heterocycles. The van der Waals surface area contributed by atoms with E-state index in [1.165, 1.54) is 5.56 Å². The van der Waals surface area contributed by atoms with Crippen molar-refractivity contribution in [1.29, 1.82) is 0 Å². The zero-order valence-corrected chi connectivity index (χ0v) is 15.8. The number of carbonyl (C=O) groups excluding carboxylic acids is 2. The van der Waals surface area contributed by atoms with E-state index < -0.39 is 0 Å². The largest absolute Gasteiger partial charge is 0.326 e. The maximum atomic E-state index is 12.5. The molecule has 3 rings (SSSR count). The Balaban J connectivity index is 1.60. The van der Waals surface area contributed by atoms with Gasteiger partial charge in [-0.05, 0) is 48.2 Å². The van der Waals surface area contributed by atoms with Gasteiger partial charge in [-0.15, -0.1) is 0 Å². The van der Waals surface area contributed by atoms with Crippen molar-refractivity contribution in [3.8, 4) is 0 Å². The molecule has 130 valence electrons. The zero-order valence-electron chi connectivity index (χ0n) is 14.3. The average Bonchev–Trinajstić information content (AvgIpc) is 3.36. The summed E-state index contributed by atoms with van der Waals surface area (Å²) in [7, 11) is 0. The molecule has 2 N–H and O–H groups in total. The number of anilines is 2. The minimum atomic E-state index is -0.0867. The highest BCUT2D eigenvalue weighted by molar-refractivity contribution is 9.10. The number of hydrogen-bond donors (Lipinski definition) is 2. The van der Waals surface area contributed by atoms with Crippen LogP contribution in [0.3, 0.4) is 0 Å². The van der Waals surface area contributed by atoms with Gasteiger partial charge < -0.3 is 10.6 Å². The molecular weight excluding hydrogens is 380 g/mol. The molecule has 5 heteroatoms. The molecular formula is C20H21BrN2O2. The Labute approximate surface area is 156 Å². The summed E-state index contributed by atoms with van der Waals surface area (Å²) in [5.74, 6) is 0.199. The number of amides is 2. The van der Waals surface area contributed by atoms with Gasteiger partial charge in [0, 0.05) is 27.7 Å². The Morgan fingerprint density at radius 2 is 1.68 bits per heavy atom. The van der Waals surface area contributed by atoms with Crippen molar-refractivity contribution in [3.05, 3.63) is 58.6 Å². The molecule has 0 aliphatic heterocycles. The lowest BCUT2D eigenvalue weighted by molar-refractivity contribution is -0.119. The third-order valence-electron chi connectivity index (χ3n) is 4.35. The molecule has 0 bridgehead atoms. The molecule has 0 radical (unpaired) electrons. The maximum Gasteiger partial charge on any atom is 0.228 e. The molecule has 25 heavy (non-hydrogen) atoms. The molecule has 1 aliphatic carbocycles. The normalized spacial score (nSPS) is 18.7. The van der Waals surface area contributed by atoms with Crippen LogP contribution in [-0.4, -0.2) is 11.8 Å². The molecule has 4 nitrogen and oxygen atoms in total. The number of halogens is 1. The summed E-state index contributed by atoms with van der Waals surface area (Å²) in [5, 5.41) is 5.80. The van der Waals surface area contributed by atoms with Gasteiger partial charge >= 0.3 is 0 Å². The van der Waals surface area contributed by atoms with Crippen LogP contribution in [0, 0.1) is 11.8 Å². The second-order valence-electron chi connectivity index (χ2n) is 6.71.